The lowest BCUT2D eigenvalue weighted by molar-refractivity contribution is 1.25. The number of benzene rings is 7. The molecule has 6 heterocycles. The predicted molar refractivity (Wildman–Crippen MR) is 193 cm³/mol. The Morgan fingerprint density at radius 3 is 1.17 bits per heavy atom. The van der Waals surface area contributed by atoms with Gasteiger partial charge in [-0.25, -0.2) is 0 Å². The predicted octanol–water partition coefficient (Wildman–Crippen LogP) is 10.8. The SMILES string of the molecule is c1ccc2c(c1)c1cccc3c1n2c1cccc2c4c(ccc5c6cccc7c6n(c6cccc8c9ccccc9n7c86)c54)n3c21. The summed E-state index contributed by atoms with van der Waals surface area (Å²) >= 11 is 0. The Balaban J connectivity index is 1.38. The number of hydrogen-bond acceptors (Lipinski definition) is 0. The average Bonchev–Trinajstić information content (AvgIpc) is 3.84. The molecular weight excluding hydrogens is 560 g/mol. The Labute approximate surface area is 259 Å². The Morgan fingerprint density at radius 1 is 0.217 bits per heavy atom. The van der Waals surface area contributed by atoms with Gasteiger partial charge in [-0.05, 0) is 42.5 Å². The van der Waals surface area contributed by atoms with Crippen LogP contribution in [-0.2, 0) is 0 Å². The summed E-state index contributed by atoms with van der Waals surface area (Å²) in [5, 5.41) is 10.4. The van der Waals surface area contributed by atoms with Gasteiger partial charge in [0.2, 0.25) is 0 Å². The van der Waals surface area contributed by atoms with Crippen LogP contribution in [0.5, 0.6) is 0 Å². The zero-order chi connectivity index (χ0) is 29.4. The maximum absolute atomic E-state index is 2.58. The monoisotopic (exact) mass is 582 g/mol. The Hall–Kier alpha value is -6.26. The van der Waals surface area contributed by atoms with Crippen molar-refractivity contribution in [3.63, 3.8) is 0 Å². The topological polar surface area (TPSA) is 17.6 Å². The van der Waals surface area contributed by atoms with E-state index in [0.717, 1.165) is 0 Å². The lowest BCUT2D eigenvalue weighted by Gasteiger charge is -2.11. The van der Waals surface area contributed by atoms with Crippen LogP contribution in [-0.4, -0.2) is 17.6 Å². The van der Waals surface area contributed by atoms with Crippen molar-refractivity contribution in [2.24, 2.45) is 0 Å². The van der Waals surface area contributed by atoms with Crippen LogP contribution in [0.4, 0.5) is 0 Å². The molecule has 0 atom stereocenters. The molecule has 0 saturated heterocycles. The highest BCUT2D eigenvalue weighted by Gasteiger charge is 2.25. The van der Waals surface area contributed by atoms with Crippen molar-refractivity contribution in [3.05, 3.63) is 133 Å². The van der Waals surface area contributed by atoms with Gasteiger partial charge in [-0.15, -0.1) is 0 Å². The first-order chi connectivity index (χ1) is 22.9. The van der Waals surface area contributed by atoms with Crippen LogP contribution in [0, 0.1) is 0 Å². The molecule has 0 bridgehead atoms. The number of aromatic nitrogens is 4. The van der Waals surface area contributed by atoms with E-state index < -0.39 is 0 Å². The maximum Gasteiger partial charge on any atom is 0.0784 e. The van der Waals surface area contributed by atoms with Crippen LogP contribution in [0.15, 0.2) is 133 Å². The first kappa shape index (κ1) is 22.3. The van der Waals surface area contributed by atoms with Crippen molar-refractivity contribution in [1.82, 2.24) is 17.6 Å². The minimum Gasteiger partial charge on any atom is -0.305 e. The lowest BCUT2D eigenvalue weighted by atomic mass is 10.1. The van der Waals surface area contributed by atoms with Crippen molar-refractivity contribution in [2.75, 3.05) is 0 Å². The standard InChI is InChI=1S/C42H22N4/c1-4-16-31-23(9-1)25-11-5-17-33-38(25)44(31)35-19-8-14-29-37-32(45(33)41(29)35)22-21-28-27-13-7-18-34-40(27)46(42(28)37)36-20-6-12-26-24-10-2-3-15-30(24)43(34)39(26)36/h1-22H. The van der Waals surface area contributed by atoms with E-state index in [1.807, 2.05) is 0 Å². The molecule has 0 amide bonds. The molecule has 0 spiro atoms. The molecular formula is C42H22N4. The Kier molecular flexibility index (Phi) is 3.47. The van der Waals surface area contributed by atoms with E-state index in [1.165, 1.54) is 109 Å². The van der Waals surface area contributed by atoms with Crippen LogP contribution in [0.25, 0.3) is 109 Å². The van der Waals surface area contributed by atoms with E-state index in [4.69, 9.17) is 0 Å². The zero-order valence-corrected chi connectivity index (χ0v) is 24.5. The van der Waals surface area contributed by atoms with Gasteiger partial charge in [-0.1, -0.05) is 91.0 Å². The molecule has 13 rings (SSSR count). The number of para-hydroxylation sites is 6. The molecule has 0 unspecified atom stereocenters. The van der Waals surface area contributed by atoms with Crippen molar-refractivity contribution in [1.29, 1.82) is 0 Å². The van der Waals surface area contributed by atoms with Gasteiger partial charge in [0.1, 0.15) is 0 Å². The van der Waals surface area contributed by atoms with Gasteiger partial charge in [-0.2, -0.15) is 0 Å². The highest BCUT2D eigenvalue weighted by atomic mass is 15.0. The molecule has 4 nitrogen and oxygen atoms in total. The van der Waals surface area contributed by atoms with Gasteiger partial charge in [0, 0.05) is 43.1 Å². The molecule has 46 heavy (non-hydrogen) atoms. The average molecular weight is 583 g/mol. The molecule has 7 aromatic carbocycles. The molecule has 0 saturated carbocycles. The minimum absolute atomic E-state index is 1.24. The normalized spacial score (nSPS) is 13.2. The van der Waals surface area contributed by atoms with Crippen LogP contribution in [0.1, 0.15) is 0 Å². The summed E-state index contributed by atoms with van der Waals surface area (Å²) in [5.74, 6) is 0. The van der Waals surface area contributed by atoms with Crippen LogP contribution in [0.3, 0.4) is 0 Å². The summed E-state index contributed by atoms with van der Waals surface area (Å²) in [4.78, 5) is 0. The molecule has 0 aliphatic heterocycles. The third-order valence-electron chi connectivity index (χ3n) is 11.0. The van der Waals surface area contributed by atoms with Crippen LogP contribution < -0.4 is 0 Å². The van der Waals surface area contributed by atoms with Crippen LogP contribution in [0.2, 0.25) is 0 Å². The smallest absolute Gasteiger partial charge is 0.0784 e. The third-order valence-corrected chi connectivity index (χ3v) is 11.0. The van der Waals surface area contributed by atoms with E-state index in [1.54, 1.807) is 0 Å². The maximum atomic E-state index is 2.58. The van der Waals surface area contributed by atoms with E-state index in [-0.39, 0.29) is 0 Å². The van der Waals surface area contributed by atoms with E-state index in [0.29, 0.717) is 0 Å². The molecule has 0 aliphatic carbocycles. The van der Waals surface area contributed by atoms with Gasteiger partial charge < -0.3 is 17.6 Å². The third kappa shape index (κ3) is 2.18. The molecule has 0 radical (unpaired) electrons. The van der Waals surface area contributed by atoms with Crippen molar-refractivity contribution < 1.29 is 0 Å². The molecule has 210 valence electrons. The number of nitrogens with zero attached hydrogens (tertiary/aromatic N) is 4. The summed E-state index contributed by atoms with van der Waals surface area (Å²) in [7, 11) is 0. The molecule has 0 N–H and O–H groups in total. The van der Waals surface area contributed by atoms with Gasteiger partial charge in [0.25, 0.3) is 0 Å². The van der Waals surface area contributed by atoms with Crippen molar-refractivity contribution in [2.45, 2.75) is 0 Å². The van der Waals surface area contributed by atoms with E-state index in [2.05, 4.69) is 151 Å². The minimum atomic E-state index is 1.24. The fourth-order valence-corrected chi connectivity index (χ4v) is 9.38. The van der Waals surface area contributed by atoms with Crippen molar-refractivity contribution >= 4 is 109 Å². The Bertz CT molecular complexity index is 3470. The summed E-state index contributed by atoms with van der Waals surface area (Å²) in [5.41, 5.74) is 15.1. The first-order valence-corrected chi connectivity index (χ1v) is 16.0. The second-order valence-corrected chi connectivity index (χ2v) is 12.9. The number of rotatable bonds is 0. The van der Waals surface area contributed by atoms with Crippen LogP contribution >= 0.6 is 0 Å². The summed E-state index contributed by atoms with van der Waals surface area (Å²) in [6.07, 6.45) is 0. The largest absolute Gasteiger partial charge is 0.305 e. The quantitative estimate of drug-likeness (QED) is 0.158. The molecule has 4 heteroatoms. The summed E-state index contributed by atoms with van der Waals surface area (Å²) < 4.78 is 10.1. The van der Waals surface area contributed by atoms with Gasteiger partial charge in [0.05, 0.1) is 66.2 Å². The van der Waals surface area contributed by atoms with Gasteiger partial charge >= 0.3 is 0 Å². The lowest BCUT2D eigenvalue weighted by Crippen LogP contribution is -1.97. The summed E-state index contributed by atoms with van der Waals surface area (Å²) in [6, 6.07) is 49.7. The number of hydrogen-bond donors (Lipinski definition) is 0. The van der Waals surface area contributed by atoms with Gasteiger partial charge in [0.15, 0.2) is 0 Å². The first-order valence-electron chi connectivity index (χ1n) is 16.0. The summed E-state index contributed by atoms with van der Waals surface area (Å²) in [6.45, 7) is 0. The second kappa shape index (κ2) is 7.17. The fraction of sp³-hybridized carbons (Fsp3) is 0. The van der Waals surface area contributed by atoms with Crippen molar-refractivity contribution in [3.8, 4) is 0 Å². The fourth-order valence-electron chi connectivity index (χ4n) is 9.38. The molecule has 0 aliphatic rings. The molecule has 0 fully saturated rings. The van der Waals surface area contributed by atoms with E-state index >= 15 is 0 Å². The van der Waals surface area contributed by atoms with E-state index in [9.17, 15) is 0 Å². The zero-order valence-electron chi connectivity index (χ0n) is 24.5. The Morgan fingerprint density at radius 2 is 0.587 bits per heavy atom. The van der Waals surface area contributed by atoms with Gasteiger partial charge in [-0.3, -0.25) is 0 Å². The number of fused-ring (bicyclic) bond motifs is 17. The second-order valence-electron chi connectivity index (χ2n) is 12.9. The molecule has 6 aromatic heterocycles. The highest BCUT2D eigenvalue weighted by Crippen LogP contribution is 2.46. The highest BCUT2D eigenvalue weighted by molar-refractivity contribution is 6.31. The molecule has 13 aromatic rings.